The van der Waals surface area contributed by atoms with Crippen molar-refractivity contribution < 1.29 is 19.5 Å². The predicted molar refractivity (Wildman–Crippen MR) is 74.9 cm³/mol. The van der Waals surface area contributed by atoms with Gasteiger partial charge in [-0.1, -0.05) is 0 Å². The van der Waals surface area contributed by atoms with Crippen LogP contribution in [0.3, 0.4) is 0 Å². The molecule has 0 aliphatic carbocycles. The molecule has 5 N–H and O–H groups in total. The molecule has 0 aromatic rings. The fourth-order valence-corrected chi connectivity index (χ4v) is 0. The van der Waals surface area contributed by atoms with Gasteiger partial charge >= 0.3 is 0 Å². The molecule has 0 atom stereocenters. The quantitative estimate of drug-likeness (QED) is 0.377. The van der Waals surface area contributed by atoms with E-state index in [-0.39, 0.29) is 19.5 Å². The summed E-state index contributed by atoms with van der Waals surface area (Å²) in [6.07, 6.45) is 0. The van der Waals surface area contributed by atoms with E-state index in [1.807, 2.05) is 70.5 Å². The van der Waals surface area contributed by atoms with E-state index in [2.05, 4.69) is 26.6 Å². The van der Waals surface area contributed by atoms with Gasteiger partial charge in [-0.25, -0.2) is 0 Å². The Morgan fingerprint density at radius 3 is 0.312 bits per heavy atom. The molecule has 108 valence electrons. The van der Waals surface area contributed by atoms with E-state index in [9.17, 15) is 0 Å². The molecule has 0 radical (unpaired) electrons. The van der Waals surface area contributed by atoms with Gasteiger partial charge in [0, 0.05) is 19.5 Å². The fraction of sp³-hybridized carbons (Fsp3) is 1.00. The molecule has 0 saturated carbocycles. The molecule has 0 aromatic heterocycles. The van der Waals surface area contributed by atoms with E-state index in [0.717, 1.165) is 0 Å². The summed E-state index contributed by atoms with van der Waals surface area (Å²) in [5.41, 5.74) is 0. The maximum absolute atomic E-state index is 2.75. The third-order valence-electron chi connectivity index (χ3n) is 0. The van der Waals surface area contributed by atoms with Crippen LogP contribution < -0.4 is 26.6 Å². The maximum atomic E-state index is 2.75. The Morgan fingerprint density at radius 2 is 0.312 bits per heavy atom. The van der Waals surface area contributed by atoms with Gasteiger partial charge in [0.25, 0.3) is 0 Å². The summed E-state index contributed by atoms with van der Waals surface area (Å²) in [6, 6.07) is 0. The van der Waals surface area contributed by atoms with Crippen molar-refractivity contribution in [2.24, 2.45) is 0 Å². The Labute approximate surface area is 117 Å². The third kappa shape index (κ3) is 14500. The summed E-state index contributed by atoms with van der Waals surface area (Å²) >= 11 is 0. The summed E-state index contributed by atoms with van der Waals surface area (Å²) in [7, 11) is 18.8. The van der Waals surface area contributed by atoms with Gasteiger partial charge in [-0.3, -0.25) is 0 Å². The molecule has 5 nitrogen and oxygen atoms in total. The van der Waals surface area contributed by atoms with Crippen LogP contribution in [-0.4, -0.2) is 70.5 Å². The molecule has 0 rings (SSSR count). The van der Waals surface area contributed by atoms with Crippen molar-refractivity contribution in [1.82, 2.24) is 26.6 Å². The zero-order valence-electron chi connectivity index (χ0n) is 12.9. The van der Waals surface area contributed by atoms with Crippen LogP contribution in [-0.2, 0) is 19.5 Å². The molecule has 0 aliphatic rings. The average Bonchev–Trinajstić information content (AvgIpc) is 2.09. The Balaban J connectivity index is -0.0000000192. The van der Waals surface area contributed by atoms with Gasteiger partial charge < -0.3 is 26.6 Å². The van der Waals surface area contributed by atoms with Crippen molar-refractivity contribution in [3.63, 3.8) is 0 Å². The fourth-order valence-electron chi connectivity index (χ4n) is 0. The van der Waals surface area contributed by atoms with Crippen LogP contribution in [0.2, 0.25) is 0 Å². The van der Waals surface area contributed by atoms with Gasteiger partial charge in [0.1, 0.15) is 0 Å². The van der Waals surface area contributed by atoms with Crippen LogP contribution in [0, 0.1) is 0 Å². The standard InChI is InChI=1S/5C2H7N.Ru/c5*1-3-2;/h5*3H,1-2H3;. The van der Waals surface area contributed by atoms with Gasteiger partial charge in [0.2, 0.25) is 0 Å². The van der Waals surface area contributed by atoms with Crippen molar-refractivity contribution in [2.75, 3.05) is 70.5 Å². The second-order valence-electron chi connectivity index (χ2n) is 2.50. The van der Waals surface area contributed by atoms with E-state index >= 15 is 0 Å². The Morgan fingerprint density at radius 1 is 0.312 bits per heavy atom. The Bertz CT molecular complexity index is 30.8. The number of hydrogen-bond acceptors (Lipinski definition) is 5. The molecular weight excluding hydrogens is 291 g/mol. The second-order valence-corrected chi connectivity index (χ2v) is 2.50. The van der Waals surface area contributed by atoms with E-state index in [0.29, 0.717) is 0 Å². The molecule has 0 spiro atoms. The van der Waals surface area contributed by atoms with E-state index in [1.165, 1.54) is 0 Å². The van der Waals surface area contributed by atoms with Crippen LogP contribution in [0.15, 0.2) is 0 Å². The molecular formula is C10H35N5Ru. The van der Waals surface area contributed by atoms with Gasteiger partial charge in [-0.2, -0.15) is 0 Å². The number of hydrogen-bond donors (Lipinski definition) is 5. The molecule has 0 unspecified atom stereocenters. The summed E-state index contributed by atoms with van der Waals surface area (Å²) < 4.78 is 0. The first kappa shape index (κ1) is 36.0. The van der Waals surface area contributed by atoms with E-state index in [4.69, 9.17) is 0 Å². The molecule has 16 heavy (non-hydrogen) atoms. The smallest absolute Gasteiger partial charge is 0 e. The Hall–Kier alpha value is 0.423. The normalized spacial score (nSPS) is 5.62. The van der Waals surface area contributed by atoms with Crippen molar-refractivity contribution in [3.8, 4) is 0 Å². The molecule has 0 aliphatic heterocycles. The first-order valence-corrected chi connectivity index (χ1v) is 5.00. The second kappa shape index (κ2) is 109. The van der Waals surface area contributed by atoms with Crippen LogP contribution in [0.25, 0.3) is 0 Å². The van der Waals surface area contributed by atoms with Gasteiger partial charge in [0.15, 0.2) is 0 Å². The van der Waals surface area contributed by atoms with Crippen molar-refractivity contribution in [2.45, 2.75) is 0 Å². The first-order chi connectivity index (χ1) is 7.07. The number of nitrogens with one attached hydrogen (secondary N) is 5. The summed E-state index contributed by atoms with van der Waals surface area (Å²) in [6.45, 7) is 0. The van der Waals surface area contributed by atoms with Gasteiger partial charge in [0.05, 0.1) is 0 Å². The maximum Gasteiger partial charge on any atom is 0 e. The monoisotopic (exact) mass is 327 g/mol. The molecule has 0 amide bonds. The zero-order chi connectivity index (χ0) is 13.5. The van der Waals surface area contributed by atoms with Crippen molar-refractivity contribution >= 4 is 0 Å². The third-order valence-corrected chi connectivity index (χ3v) is 0. The summed E-state index contributed by atoms with van der Waals surface area (Å²) in [5, 5.41) is 13.8. The van der Waals surface area contributed by atoms with Gasteiger partial charge in [-0.05, 0) is 70.5 Å². The zero-order valence-corrected chi connectivity index (χ0v) is 14.6. The number of rotatable bonds is 0. The molecule has 0 aromatic carbocycles. The average molecular weight is 326 g/mol. The molecule has 0 saturated heterocycles. The minimum absolute atomic E-state index is 0. The SMILES string of the molecule is CNC.CNC.CNC.CNC.CNC.[Ru]. The van der Waals surface area contributed by atoms with Gasteiger partial charge in [-0.15, -0.1) is 0 Å². The van der Waals surface area contributed by atoms with E-state index in [1.54, 1.807) is 0 Å². The van der Waals surface area contributed by atoms with Crippen molar-refractivity contribution in [1.29, 1.82) is 0 Å². The minimum Gasteiger partial charge on any atom is -0.323 e. The molecule has 6 heteroatoms. The Kier molecular flexibility index (Phi) is 245. The molecule has 0 bridgehead atoms. The van der Waals surface area contributed by atoms with Crippen LogP contribution in [0.5, 0.6) is 0 Å². The van der Waals surface area contributed by atoms with Crippen molar-refractivity contribution in [3.05, 3.63) is 0 Å². The molecule has 0 fully saturated rings. The minimum atomic E-state index is 0. The summed E-state index contributed by atoms with van der Waals surface area (Å²) in [5.74, 6) is 0. The van der Waals surface area contributed by atoms with Crippen LogP contribution in [0.4, 0.5) is 0 Å². The largest absolute Gasteiger partial charge is 0.323 e. The topological polar surface area (TPSA) is 60.1 Å². The van der Waals surface area contributed by atoms with Crippen LogP contribution >= 0.6 is 0 Å². The van der Waals surface area contributed by atoms with E-state index < -0.39 is 0 Å². The predicted octanol–water partition coefficient (Wildman–Crippen LogP) is -0.824. The first-order valence-electron chi connectivity index (χ1n) is 5.00. The van der Waals surface area contributed by atoms with Crippen LogP contribution in [0.1, 0.15) is 0 Å². The molecule has 0 heterocycles. The summed E-state index contributed by atoms with van der Waals surface area (Å²) in [4.78, 5) is 0.